The van der Waals surface area contributed by atoms with E-state index in [0.717, 1.165) is 70.6 Å². The van der Waals surface area contributed by atoms with Crippen LogP contribution in [-0.2, 0) is 14.3 Å². The van der Waals surface area contributed by atoms with Crippen molar-refractivity contribution >= 4 is 11.9 Å². The van der Waals surface area contributed by atoms with Gasteiger partial charge in [-0.05, 0) is 44.9 Å². The zero-order valence-corrected chi connectivity index (χ0v) is 33.5. The quantitative estimate of drug-likeness (QED) is 0.0338. The van der Waals surface area contributed by atoms with Crippen molar-refractivity contribution in [2.45, 2.75) is 219 Å². The molecule has 6 nitrogen and oxygen atoms in total. The lowest BCUT2D eigenvalue weighted by atomic mass is 10.0. The van der Waals surface area contributed by atoms with Gasteiger partial charge in [0.25, 0.3) is 0 Å². The van der Waals surface area contributed by atoms with Gasteiger partial charge in [-0.1, -0.05) is 191 Å². The summed E-state index contributed by atoms with van der Waals surface area (Å²) in [7, 11) is 0. The lowest BCUT2D eigenvalue weighted by molar-refractivity contribution is -0.151. The molecule has 0 saturated carbocycles. The van der Waals surface area contributed by atoms with Crippen molar-refractivity contribution in [1.29, 1.82) is 0 Å². The van der Waals surface area contributed by atoms with Gasteiger partial charge in [0.2, 0.25) is 5.91 Å². The lowest BCUT2D eigenvalue weighted by Gasteiger charge is -2.24. The average molecular weight is 716 g/mol. The Hall–Kier alpha value is -2.18. The number of hydrogen-bond donors (Lipinski definition) is 3. The van der Waals surface area contributed by atoms with E-state index in [2.05, 4.69) is 44.3 Å². The highest BCUT2D eigenvalue weighted by atomic mass is 16.5. The molecule has 0 bridgehead atoms. The highest BCUT2D eigenvalue weighted by Crippen LogP contribution is 2.17. The van der Waals surface area contributed by atoms with E-state index in [0.29, 0.717) is 19.3 Å². The number of carbonyl (C=O) groups is 2. The van der Waals surface area contributed by atoms with Gasteiger partial charge in [0, 0.05) is 6.42 Å². The molecule has 296 valence electrons. The fraction of sp³-hybridized carbons (Fsp3) is 0.778. The molecule has 0 aliphatic carbocycles. The molecule has 0 aliphatic rings. The Morgan fingerprint density at radius 3 is 1.59 bits per heavy atom. The smallest absolute Gasteiger partial charge is 0.306 e. The number of nitrogens with one attached hydrogen (secondary N) is 1. The van der Waals surface area contributed by atoms with Crippen LogP contribution in [0.2, 0.25) is 0 Å². The van der Waals surface area contributed by atoms with E-state index in [1.165, 1.54) is 83.5 Å². The molecule has 0 aromatic rings. The lowest BCUT2D eigenvalue weighted by Crippen LogP contribution is -2.46. The average Bonchev–Trinajstić information content (AvgIpc) is 3.12. The first kappa shape index (κ1) is 48.8. The number of carbonyl (C=O) groups excluding carboxylic acids is 2. The molecule has 51 heavy (non-hydrogen) atoms. The second kappa shape index (κ2) is 39.0. The monoisotopic (exact) mass is 716 g/mol. The molecular weight excluding hydrogens is 634 g/mol. The molecule has 0 spiro atoms. The van der Waals surface area contributed by atoms with Gasteiger partial charge in [-0.25, -0.2) is 0 Å². The maximum atomic E-state index is 13.0. The normalized spacial score (nSPS) is 13.9. The van der Waals surface area contributed by atoms with Crippen molar-refractivity contribution in [3.63, 3.8) is 0 Å². The summed E-state index contributed by atoms with van der Waals surface area (Å²) in [4.78, 5) is 25.8. The molecule has 0 radical (unpaired) electrons. The van der Waals surface area contributed by atoms with E-state index in [9.17, 15) is 19.8 Å². The largest absolute Gasteiger partial charge is 0.462 e. The third-order valence-corrected chi connectivity index (χ3v) is 9.52. The second-order valence-corrected chi connectivity index (χ2v) is 14.5. The van der Waals surface area contributed by atoms with Gasteiger partial charge in [0.1, 0.15) is 6.10 Å². The first-order chi connectivity index (χ1) is 25.0. The fourth-order valence-electron chi connectivity index (χ4n) is 6.26. The number of rotatable bonds is 37. The van der Waals surface area contributed by atoms with Crippen LogP contribution in [0, 0.1) is 0 Å². The number of ether oxygens (including phenoxy) is 1. The molecule has 0 saturated heterocycles. The Morgan fingerprint density at radius 2 is 1.06 bits per heavy atom. The summed E-state index contributed by atoms with van der Waals surface area (Å²) in [6.07, 6.45) is 44.6. The summed E-state index contributed by atoms with van der Waals surface area (Å²) in [5.74, 6) is -0.527. The summed E-state index contributed by atoms with van der Waals surface area (Å²) in [6.45, 7) is 6.27. The maximum absolute atomic E-state index is 13.0. The standard InChI is InChI=1S/C45H81NO5/c1-4-7-10-13-16-18-20-22-24-26-29-32-35-38-45(50)51-41(36-33-30-27-15-12-9-6-3)39-44(49)46-42(40-47)43(48)37-34-31-28-25-23-21-19-17-14-11-8-5-2/h7,10,13,16,18,20,22,24,41-43,47-48H,4-6,8-9,11-12,14-15,17,19,21,23,25-40H2,1-3H3,(H,46,49)/b10-7+,16-13+,20-18-,24-22-. The van der Waals surface area contributed by atoms with Gasteiger partial charge in [0.05, 0.1) is 25.2 Å². The Morgan fingerprint density at radius 1 is 0.588 bits per heavy atom. The molecule has 0 fully saturated rings. The molecule has 3 atom stereocenters. The van der Waals surface area contributed by atoms with Gasteiger partial charge in [0.15, 0.2) is 0 Å². The number of unbranched alkanes of at least 4 members (excludes halogenated alkanes) is 20. The van der Waals surface area contributed by atoms with Crippen molar-refractivity contribution < 1.29 is 24.5 Å². The summed E-state index contributed by atoms with van der Waals surface area (Å²) >= 11 is 0. The highest BCUT2D eigenvalue weighted by molar-refractivity contribution is 5.77. The molecule has 0 aliphatic heterocycles. The zero-order chi connectivity index (χ0) is 37.5. The number of allylic oxidation sites excluding steroid dienone is 8. The molecule has 1 amide bonds. The van der Waals surface area contributed by atoms with Crippen molar-refractivity contribution in [3.05, 3.63) is 48.6 Å². The Bertz CT molecular complexity index is 895. The molecule has 0 aromatic carbocycles. The minimum absolute atomic E-state index is 0.0613. The van der Waals surface area contributed by atoms with E-state index < -0.39 is 18.2 Å². The van der Waals surface area contributed by atoms with Crippen molar-refractivity contribution in [2.24, 2.45) is 0 Å². The first-order valence-corrected chi connectivity index (χ1v) is 21.4. The Kier molecular flexibility index (Phi) is 37.4. The second-order valence-electron chi connectivity index (χ2n) is 14.5. The van der Waals surface area contributed by atoms with Crippen LogP contribution in [-0.4, -0.2) is 46.9 Å². The topological polar surface area (TPSA) is 95.9 Å². The van der Waals surface area contributed by atoms with E-state index in [-0.39, 0.29) is 24.9 Å². The molecule has 6 heteroatoms. The Balaban J connectivity index is 4.54. The number of esters is 1. The number of aliphatic hydroxyl groups excluding tert-OH is 2. The molecule has 3 unspecified atom stereocenters. The van der Waals surface area contributed by atoms with Crippen LogP contribution in [0.3, 0.4) is 0 Å². The molecule has 0 rings (SSSR count). The minimum atomic E-state index is -0.790. The van der Waals surface area contributed by atoms with Crippen LogP contribution >= 0.6 is 0 Å². The molecular formula is C45H81NO5. The minimum Gasteiger partial charge on any atom is -0.462 e. The predicted molar refractivity (Wildman–Crippen MR) is 218 cm³/mol. The number of amides is 1. The van der Waals surface area contributed by atoms with E-state index >= 15 is 0 Å². The third-order valence-electron chi connectivity index (χ3n) is 9.52. The SMILES string of the molecule is CC/C=C/C=C/C=C\C=C/CCCCCC(=O)OC(CCCCCCCCC)CC(=O)NC(CO)C(O)CCCCCCCCCCCCCC. The van der Waals surface area contributed by atoms with Gasteiger partial charge in [-0.3, -0.25) is 9.59 Å². The third kappa shape index (κ3) is 34.7. The summed E-state index contributed by atoms with van der Waals surface area (Å²) < 4.78 is 5.84. The predicted octanol–water partition coefficient (Wildman–Crippen LogP) is 11.9. The zero-order valence-electron chi connectivity index (χ0n) is 33.5. The van der Waals surface area contributed by atoms with E-state index in [4.69, 9.17) is 4.74 Å². The van der Waals surface area contributed by atoms with Gasteiger partial charge in [-0.15, -0.1) is 0 Å². The van der Waals surface area contributed by atoms with Gasteiger partial charge in [-0.2, -0.15) is 0 Å². The van der Waals surface area contributed by atoms with Crippen molar-refractivity contribution in [3.8, 4) is 0 Å². The molecule has 0 aromatic heterocycles. The van der Waals surface area contributed by atoms with Crippen LogP contribution < -0.4 is 5.32 Å². The van der Waals surface area contributed by atoms with Gasteiger partial charge < -0.3 is 20.3 Å². The van der Waals surface area contributed by atoms with Crippen LogP contribution in [0.5, 0.6) is 0 Å². The van der Waals surface area contributed by atoms with Crippen LogP contribution in [0.15, 0.2) is 48.6 Å². The Labute approximate surface area is 315 Å². The number of aliphatic hydroxyl groups is 2. The van der Waals surface area contributed by atoms with Crippen LogP contribution in [0.4, 0.5) is 0 Å². The van der Waals surface area contributed by atoms with Crippen molar-refractivity contribution in [2.75, 3.05) is 6.61 Å². The van der Waals surface area contributed by atoms with Crippen LogP contribution in [0.25, 0.3) is 0 Å². The molecule has 0 heterocycles. The van der Waals surface area contributed by atoms with E-state index in [1.807, 2.05) is 30.4 Å². The van der Waals surface area contributed by atoms with Crippen LogP contribution in [0.1, 0.15) is 201 Å². The summed E-state index contributed by atoms with van der Waals surface area (Å²) in [6, 6.07) is -0.705. The summed E-state index contributed by atoms with van der Waals surface area (Å²) in [5.41, 5.74) is 0. The first-order valence-electron chi connectivity index (χ1n) is 21.4. The van der Waals surface area contributed by atoms with E-state index in [1.54, 1.807) is 0 Å². The van der Waals surface area contributed by atoms with Crippen molar-refractivity contribution in [1.82, 2.24) is 5.32 Å². The van der Waals surface area contributed by atoms with Gasteiger partial charge >= 0.3 is 5.97 Å². The fourth-order valence-corrected chi connectivity index (χ4v) is 6.26. The molecule has 3 N–H and O–H groups in total. The number of hydrogen-bond acceptors (Lipinski definition) is 5. The maximum Gasteiger partial charge on any atom is 0.306 e. The highest BCUT2D eigenvalue weighted by Gasteiger charge is 2.24. The summed E-state index contributed by atoms with van der Waals surface area (Å²) in [5, 5.41) is 23.5.